The minimum Gasteiger partial charge on any atom is -0.368 e. The Bertz CT molecular complexity index is 450. The Balaban J connectivity index is 1.93. The van der Waals surface area contributed by atoms with Gasteiger partial charge in [0.05, 0.1) is 5.75 Å². The van der Waals surface area contributed by atoms with Gasteiger partial charge in [-0.05, 0) is 31.4 Å². The van der Waals surface area contributed by atoms with Crippen molar-refractivity contribution in [3.05, 3.63) is 30.3 Å². The summed E-state index contributed by atoms with van der Waals surface area (Å²) >= 11 is 1.49. The van der Waals surface area contributed by atoms with Crippen LogP contribution in [0.4, 0.5) is 0 Å². The SMILES string of the molecule is NC(=O)[C@@H]1CCCCN1C(=O)CSc1ccccc1. The molecule has 4 nitrogen and oxygen atoms in total. The molecule has 0 aromatic heterocycles. The third kappa shape index (κ3) is 3.73. The minimum atomic E-state index is -0.419. The number of rotatable bonds is 4. The van der Waals surface area contributed by atoms with Gasteiger partial charge in [-0.2, -0.15) is 0 Å². The zero-order chi connectivity index (χ0) is 13.7. The molecular formula is C14H18N2O2S. The predicted molar refractivity (Wildman–Crippen MR) is 75.7 cm³/mol. The molecule has 102 valence electrons. The highest BCUT2D eigenvalue weighted by Gasteiger charge is 2.30. The topological polar surface area (TPSA) is 63.4 Å². The van der Waals surface area contributed by atoms with E-state index in [0.717, 1.165) is 17.7 Å². The lowest BCUT2D eigenvalue weighted by atomic mass is 10.0. The van der Waals surface area contributed by atoms with Gasteiger partial charge >= 0.3 is 0 Å². The first kappa shape index (κ1) is 13.9. The van der Waals surface area contributed by atoms with Crippen LogP contribution in [0, 0.1) is 0 Å². The highest BCUT2D eigenvalue weighted by atomic mass is 32.2. The third-order valence-corrected chi connectivity index (χ3v) is 4.25. The molecule has 5 heteroatoms. The Morgan fingerprint density at radius 3 is 2.68 bits per heavy atom. The van der Waals surface area contributed by atoms with Crippen molar-refractivity contribution < 1.29 is 9.59 Å². The lowest BCUT2D eigenvalue weighted by Crippen LogP contribution is -2.51. The van der Waals surface area contributed by atoms with Crippen molar-refractivity contribution in [2.45, 2.75) is 30.2 Å². The van der Waals surface area contributed by atoms with Crippen LogP contribution in [-0.4, -0.2) is 35.1 Å². The summed E-state index contributed by atoms with van der Waals surface area (Å²) in [7, 11) is 0. The van der Waals surface area contributed by atoms with Crippen LogP contribution >= 0.6 is 11.8 Å². The molecule has 1 aromatic carbocycles. The number of carbonyl (C=O) groups is 2. The van der Waals surface area contributed by atoms with E-state index in [0.29, 0.717) is 18.7 Å². The van der Waals surface area contributed by atoms with Gasteiger partial charge in [-0.3, -0.25) is 9.59 Å². The number of likely N-dealkylation sites (tertiary alicyclic amines) is 1. The smallest absolute Gasteiger partial charge is 0.240 e. The Hall–Kier alpha value is -1.49. The molecule has 0 bridgehead atoms. The summed E-state index contributed by atoms with van der Waals surface area (Å²) in [5, 5.41) is 0. The summed E-state index contributed by atoms with van der Waals surface area (Å²) in [6.45, 7) is 0.641. The van der Waals surface area contributed by atoms with E-state index in [1.807, 2.05) is 30.3 Å². The number of thioether (sulfide) groups is 1. The molecule has 0 aliphatic carbocycles. The van der Waals surface area contributed by atoms with Crippen molar-refractivity contribution in [1.29, 1.82) is 0 Å². The average Bonchev–Trinajstić information content (AvgIpc) is 2.46. The van der Waals surface area contributed by atoms with E-state index in [1.165, 1.54) is 11.8 Å². The normalized spacial score (nSPS) is 19.2. The van der Waals surface area contributed by atoms with Crippen LogP contribution in [0.2, 0.25) is 0 Å². The van der Waals surface area contributed by atoms with Crippen molar-refractivity contribution in [3.8, 4) is 0 Å². The van der Waals surface area contributed by atoms with E-state index in [4.69, 9.17) is 5.73 Å². The van der Waals surface area contributed by atoms with Crippen molar-refractivity contribution in [1.82, 2.24) is 4.90 Å². The zero-order valence-corrected chi connectivity index (χ0v) is 11.6. The fourth-order valence-corrected chi connectivity index (χ4v) is 3.08. The van der Waals surface area contributed by atoms with Gasteiger partial charge < -0.3 is 10.6 Å². The van der Waals surface area contributed by atoms with Crippen LogP contribution < -0.4 is 5.73 Å². The van der Waals surface area contributed by atoms with Crippen LogP contribution in [0.25, 0.3) is 0 Å². The first-order valence-corrected chi connectivity index (χ1v) is 7.43. The lowest BCUT2D eigenvalue weighted by Gasteiger charge is -2.33. The predicted octanol–water partition coefficient (Wildman–Crippen LogP) is 1.65. The summed E-state index contributed by atoms with van der Waals surface area (Å²) < 4.78 is 0. The maximum atomic E-state index is 12.2. The number of nitrogens with zero attached hydrogens (tertiary/aromatic N) is 1. The fourth-order valence-electron chi connectivity index (χ4n) is 2.27. The van der Waals surface area contributed by atoms with E-state index < -0.39 is 11.9 Å². The molecule has 1 fully saturated rings. The summed E-state index contributed by atoms with van der Waals surface area (Å²) in [5.74, 6) is -0.0385. The second kappa shape index (κ2) is 6.61. The molecule has 2 N–H and O–H groups in total. The molecule has 2 rings (SSSR count). The van der Waals surface area contributed by atoms with Crippen LogP contribution in [0.1, 0.15) is 19.3 Å². The molecule has 1 aromatic rings. The molecular weight excluding hydrogens is 260 g/mol. The lowest BCUT2D eigenvalue weighted by molar-refractivity contribution is -0.138. The van der Waals surface area contributed by atoms with Gasteiger partial charge in [-0.15, -0.1) is 11.8 Å². The van der Waals surface area contributed by atoms with E-state index in [1.54, 1.807) is 4.90 Å². The van der Waals surface area contributed by atoms with E-state index in [2.05, 4.69) is 0 Å². The fraction of sp³-hybridized carbons (Fsp3) is 0.429. The molecule has 0 unspecified atom stereocenters. The summed E-state index contributed by atoms with van der Waals surface area (Å²) in [6, 6.07) is 9.36. The van der Waals surface area contributed by atoms with E-state index in [9.17, 15) is 9.59 Å². The Morgan fingerprint density at radius 1 is 1.26 bits per heavy atom. The number of hydrogen-bond donors (Lipinski definition) is 1. The molecule has 0 saturated carbocycles. The second-order valence-electron chi connectivity index (χ2n) is 4.60. The molecule has 1 aliphatic rings. The Kier molecular flexibility index (Phi) is 4.85. The number of carbonyl (C=O) groups excluding carboxylic acids is 2. The van der Waals surface area contributed by atoms with Crippen molar-refractivity contribution in [3.63, 3.8) is 0 Å². The second-order valence-corrected chi connectivity index (χ2v) is 5.65. The van der Waals surface area contributed by atoms with E-state index >= 15 is 0 Å². The highest BCUT2D eigenvalue weighted by Crippen LogP contribution is 2.21. The number of primary amides is 1. The highest BCUT2D eigenvalue weighted by molar-refractivity contribution is 8.00. The van der Waals surface area contributed by atoms with Gasteiger partial charge in [-0.1, -0.05) is 18.2 Å². The summed E-state index contributed by atoms with van der Waals surface area (Å²) in [4.78, 5) is 26.2. The number of hydrogen-bond acceptors (Lipinski definition) is 3. The van der Waals surface area contributed by atoms with Crippen molar-refractivity contribution in [2.24, 2.45) is 5.73 Å². The Labute approximate surface area is 117 Å². The number of piperidine rings is 1. The standard InChI is InChI=1S/C14H18N2O2S/c15-14(18)12-8-4-5-9-16(12)13(17)10-19-11-6-2-1-3-7-11/h1-3,6-7,12H,4-5,8-10H2,(H2,15,18)/t12-/m0/s1. The van der Waals surface area contributed by atoms with Crippen molar-refractivity contribution >= 4 is 23.6 Å². The first-order chi connectivity index (χ1) is 9.18. The first-order valence-electron chi connectivity index (χ1n) is 6.45. The van der Waals surface area contributed by atoms with Gasteiger partial charge in [-0.25, -0.2) is 0 Å². The molecule has 0 radical (unpaired) electrons. The van der Waals surface area contributed by atoms with Crippen molar-refractivity contribution in [2.75, 3.05) is 12.3 Å². The molecule has 1 saturated heterocycles. The van der Waals surface area contributed by atoms with Crippen LogP contribution in [0.3, 0.4) is 0 Å². The number of benzene rings is 1. The quantitative estimate of drug-likeness (QED) is 0.852. The van der Waals surface area contributed by atoms with Gasteiger partial charge in [0.25, 0.3) is 0 Å². The molecule has 0 spiro atoms. The summed E-state index contributed by atoms with van der Waals surface area (Å²) in [6.07, 6.45) is 2.60. The molecule has 19 heavy (non-hydrogen) atoms. The van der Waals surface area contributed by atoms with Gasteiger partial charge in [0.1, 0.15) is 6.04 Å². The summed E-state index contributed by atoms with van der Waals surface area (Å²) in [5.41, 5.74) is 5.36. The Morgan fingerprint density at radius 2 is 2.00 bits per heavy atom. The van der Waals surface area contributed by atoms with Crippen LogP contribution in [0.15, 0.2) is 35.2 Å². The minimum absolute atomic E-state index is 0.00245. The molecule has 1 heterocycles. The average molecular weight is 278 g/mol. The molecule has 1 atom stereocenters. The number of nitrogens with two attached hydrogens (primary N) is 1. The van der Waals surface area contributed by atoms with Crippen LogP contribution in [0.5, 0.6) is 0 Å². The molecule has 2 amide bonds. The zero-order valence-electron chi connectivity index (χ0n) is 10.7. The number of amides is 2. The van der Waals surface area contributed by atoms with Gasteiger partial charge in [0, 0.05) is 11.4 Å². The van der Waals surface area contributed by atoms with Gasteiger partial charge in [0.2, 0.25) is 11.8 Å². The maximum absolute atomic E-state index is 12.2. The van der Waals surface area contributed by atoms with Crippen LogP contribution in [-0.2, 0) is 9.59 Å². The largest absolute Gasteiger partial charge is 0.368 e. The molecule has 1 aliphatic heterocycles. The monoisotopic (exact) mass is 278 g/mol. The van der Waals surface area contributed by atoms with Gasteiger partial charge in [0.15, 0.2) is 0 Å². The van der Waals surface area contributed by atoms with E-state index in [-0.39, 0.29) is 5.91 Å². The maximum Gasteiger partial charge on any atom is 0.240 e. The third-order valence-electron chi connectivity index (χ3n) is 3.26.